The number of carbonyl (C=O) groups excluding carboxylic acids is 2. The van der Waals surface area contributed by atoms with Gasteiger partial charge in [0, 0.05) is 55.5 Å². The molecule has 2 N–H and O–H groups in total. The third-order valence-electron chi connectivity index (χ3n) is 12.4. The van der Waals surface area contributed by atoms with Crippen LogP contribution in [0.2, 0.25) is 0 Å². The zero-order valence-corrected chi connectivity index (χ0v) is 36.1. The Labute approximate surface area is 376 Å². The summed E-state index contributed by atoms with van der Waals surface area (Å²) in [5, 5.41) is 0. The second-order valence-electron chi connectivity index (χ2n) is 16.9. The van der Waals surface area contributed by atoms with Gasteiger partial charge in [0.15, 0.2) is 11.6 Å². The van der Waals surface area contributed by atoms with Crippen LogP contribution in [0.1, 0.15) is 50.6 Å². The van der Waals surface area contributed by atoms with Crippen molar-refractivity contribution in [3.8, 4) is 44.5 Å². The highest BCUT2D eigenvalue weighted by Crippen LogP contribution is 2.40. The Bertz CT molecular complexity index is 3520. The molecule has 0 fully saturated rings. The molecule has 0 unspecified atom stereocenters. The first kappa shape index (κ1) is 39.4. The third kappa shape index (κ3) is 7.31. The van der Waals surface area contributed by atoms with Crippen molar-refractivity contribution in [1.29, 1.82) is 0 Å². The van der Waals surface area contributed by atoms with E-state index in [0.717, 1.165) is 89.4 Å². The quantitative estimate of drug-likeness (QED) is 0.163. The lowest BCUT2D eigenvalue weighted by molar-refractivity contribution is -0.112. The van der Waals surface area contributed by atoms with Crippen LogP contribution in [0.4, 0.5) is 0 Å². The van der Waals surface area contributed by atoms with E-state index in [1.165, 1.54) is 28.8 Å². The summed E-state index contributed by atoms with van der Waals surface area (Å²) in [5.41, 5.74) is 20.1. The Morgan fingerprint density at radius 2 is 0.708 bits per heavy atom. The Morgan fingerprint density at radius 1 is 0.354 bits per heavy atom. The molecule has 6 nitrogen and oxygen atoms in total. The molecule has 5 heterocycles. The van der Waals surface area contributed by atoms with Crippen molar-refractivity contribution in [1.82, 2.24) is 19.9 Å². The third-order valence-corrected chi connectivity index (χ3v) is 12.4. The lowest BCUT2D eigenvalue weighted by Crippen LogP contribution is -2.12. The number of carbonyl (C=O) groups is 2. The number of hydrogen-bond acceptors (Lipinski definition) is 4. The first-order valence-electron chi connectivity index (χ1n) is 21.8. The number of aryl methyl sites for hydroxylation is 3. The molecule has 3 aliphatic rings. The number of allylic oxidation sites excluding steroid dienone is 4. The predicted octanol–water partition coefficient (Wildman–Crippen LogP) is 13.9. The molecular formula is C59H42N4O2. The minimum Gasteiger partial charge on any atom is -0.354 e. The molecule has 0 saturated carbocycles. The summed E-state index contributed by atoms with van der Waals surface area (Å²) in [4.78, 5) is 46.0. The predicted molar refractivity (Wildman–Crippen MR) is 267 cm³/mol. The van der Waals surface area contributed by atoms with E-state index in [0.29, 0.717) is 22.3 Å². The molecule has 0 amide bonds. The van der Waals surface area contributed by atoms with E-state index >= 15 is 0 Å². The maximum absolute atomic E-state index is 14.2. The highest BCUT2D eigenvalue weighted by Gasteiger charge is 2.25. The number of fused-ring (bicyclic) bond motifs is 8. The van der Waals surface area contributed by atoms with Crippen molar-refractivity contribution in [3.05, 3.63) is 214 Å². The molecule has 0 radical (unpaired) electrons. The molecule has 310 valence electrons. The summed E-state index contributed by atoms with van der Waals surface area (Å²) in [6, 6.07) is 51.4. The summed E-state index contributed by atoms with van der Waals surface area (Å²) >= 11 is 0. The van der Waals surface area contributed by atoms with E-state index in [2.05, 4.69) is 152 Å². The normalized spacial score (nSPS) is 13.3. The molecule has 0 saturated heterocycles. The van der Waals surface area contributed by atoms with Crippen LogP contribution < -0.4 is 0 Å². The standard InChI is InChI=1S/C59H42N4O2/c1-35-12-18-39(19-13-35)55-47-24-26-49(60-47)56(40-20-14-36(2)15-21-40)51-28-30-53(62-51)58(54-31-29-52(63-54)57(50-27-25-48(55)61-50)41-22-16-37(3)17-23-41)43-11-7-10-42(32-43)46-34-44(64)33-45(59(46)65)38-8-5-4-6-9-38/h4-34,60,63H,1-3H3. The smallest absolute Gasteiger partial charge is 0.194 e. The largest absolute Gasteiger partial charge is 0.354 e. The highest BCUT2D eigenvalue weighted by molar-refractivity contribution is 6.48. The molecule has 1 aliphatic carbocycles. The summed E-state index contributed by atoms with van der Waals surface area (Å²) < 4.78 is 0. The Morgan fingerprint density at radius 3 is 1.12 bits per heavy atom. The first-order chi connectivity index (χ1) is 31.7. The molecule has 0 spiro atoms. The molecule has 5 aromatic carbocycles. The first-order valence-corrected chi connectivity index (χ1v) is 21.8. The van der Waals surface area contributed by atoms with Gasteiger partial charge < -0.3 is 9.97 Å². The minimum absolute atomic E-state index is 0.198. The van der Waals surface area contributed by atoms with Crippen LogP contribution in [0.25, 0.3) is 102 Å². The number of rotatable bonds is 6. The van der Waals surface area contributed by atoms with Crippen LogP contribution >= 0.6 is 0 Å². The molecule has 2 aliphatic heterocycles. The van der Waals surface area contributed by atoms with Gasteiger partial charge in [0.2, 0.25) is 0 Å². The van der Waals surface area contributed by atoms with Crippen LogP contribution in [0.3, 0.4) is 0 Å². The van der Waals surface area contributed by atoms with Crippen LogP contribution in [-0.2, 0) is 9.59 Å². The SMILES string of the molecule is Cc1ccc(-c2c3nc(c(-c4ccc(C)cc4)c4ccc([nH]4)c(-c4cccc(C5=CC(=O)C=C(c6ccccc6)C5=O)c4)c4nc(c(-c5ccc(C)cc5)c5ccc2[nH]5)C=C4)C=C3)cc1. The van der Waals surface area contributed by atoms with Gasteiger partial charge in [0.1, 0.15) is 0 Å². The van der Waals surface area contributed by atoms with Gasteiger partial charge in [-0.2, -0.15) is 0 Å². The second kappa shape index (κ2) is 16.0. The van der Waals surface area contributed by atoms with Crippen LogP contribution in [0, 0.1) is 20.8 Å². The summed E-state index contributed by atoms with van der Waals surface area (Å²) in [6.45, 7) is 6.29. The van der Waals surface area contributed by atoms with Gasteiger partial charge >= 0.3 is 0 Å². The lowest BCUT2D eigenvalue weighted by Gasteiger charge is -2.15. The number of hydrogen-bond donors (Lipinski definition) is 2. The van der Waals surface area contributed by atoms with Crippen molar-refractivity contribution in [2.24, 2.45) is 0 Å². The lowest BCUT2D eigenvalue weighted by atomic mass is 9.86. The van der Waals surface area contributed by atoms with Crippen LogP contribution in [0.15, 0.2) is 164 Å². The summed E-state index contributed by atoms with van der Waals surface area (Å²) in [7, 11) is 0. The second-order valence-corrected chi connectivity index (χ2v) is 16.9. The number of aromatic amines is 2. The van der Waals surface area contributed by atoms with E-state index in [4.69, 9.17) is 9.97 Å². The number of aromatic nitrogens is 4. The Kier molecular flexibility index (Phi) is 9.70. The maximum atomic E-state index is 14.2. The minimum atomic E-state index is -0.226. The average molecular weight is 839 g/mol. The number of ketones is 2. The van der Waals surface area contributed by atoms with Gasteiger partial charge in [-0.1, -0.05) is 138 Å². The molecular weight excluding hydrogens is 797 g/mol. The van der Waals surface area contributed by atoms with E-state index < -0.39 is 0 Å². The molecule has 3 aromatic heterocycles. The topological polar surface area (TPSA) is 91.5 Å². The fourth-order valence-electron chi connectivity index (χ4n) is 9.07. The van der Waals surface area contributed by atoms with E-state index in [9.17, 15) is 9.59 Å². The molecule has 6 heteroatoms. The molecule has 8 bridgehead atoms. The van der Waals surface area contributed by atoms with Crippen LogP contribution in [0.5, 0.6) is 0 Å². The summed E-state index contributed by atoms with van der Waals surface area (Å²) in [6.07, 6.45) is 11.3. The number of Topliss-reactive ketones (excluding diaryl/α,β-unsaturated/α-hetero) is 1. The summed E-state index contributed by atoms with van der Waals surface area (Å²) in [5.74, 6) is -0.424. The van der Waals surface area contributed by atoms with Gasteiger partial charge in [0.05, 0.1) is 22.8 Å². The molecule has 0 atom stereocenters. The van der Waals surface area contributed by atoms with Gasteiger partial charge in [-0.3, -0.25) is 9.59 Å². The van der Waals surface area contributed by atoms with Crippen LogP contribution in [-0.4, -0.2) is 31.5 Å². The fraction of sp³-hybridized carbons (Fsp3) is 0.0508. The number of nitrogens with one attached hydrogen (secondary N) is 2. The molecule has 65 heavy (non-hydrogen) atoms. The van der Waals surface area contributed by atoms with E-state index in [1.807, 2.05) is 54.6 Å². The highest BCUT2D eigenvalue weighted by atomic mass is 16.1. The van der Waals surface area contributed by atoms with Crippen molar-refractivity contribution >= 4 is 69.1 Å². The fourth-order valence-corrected chi connectivity index (χ4v) is 9.07. The van der Waals surface area contributed by atoms with Gasteiger partial charge in [-0.05, 0) is 121 Å². The van der Waals surface area contributed by atoms with Crippen molar-refractivity contribution in [3.63, 3.8) is 0 Å². The zero-order chi connectivity index (χ0) is 44.2. The monoisotopic (exact) mass is 838 g/mol. The Balaban J connectivity index is 1.22. The van der Waals surface area contributed by atoms with Gasteiger partial charge in [-0.15, -0.1) is 0 Å². The van der Waals surface area contributed by atoms with Crippen molar-refractivity contribution < 1.29 is 9.59 Å². The number of nitrogens with zero attached hydrogens (tertiary/aromatic N) is 2. The van der Waals surface area contributed by atoms with E-state index in [-0.39, 0.29) is 11.6 Å². The maximum Gasteiger partial charge on any atom is 0.194 e. The van der Waals surface area contributed by atoms with Gasteiger partial charge in [0.25, 0.3) is 0 Å². The zero-order valence-electron chi connectivity index (χ0n) is 36.1. The molecule has 8 aromatic rings. The van der Waals surface area contributed by atoms with Gasteiger partial charge in [-0.25, -0.2) is 9.97 Å². The Hall–Kier alpha value is -8.48. The molecule has 11 rings (SSSR count). The number of H-pyrrole nitrogens is 2. The van der Waals surface area contributed by atoms with Crippen molar-refractivity contribution in [2.75, 3.05) is 0 Å². The average Bonchev–Trinajstić information content (AvgIpc) is 4.18. The van der Waals surface area contributed by atoms with E-state index in [1.54, 1.807) is 0 Å². The number of benzene rings is 5. The van der Waals surface area contributed by atoms with Crippen molar-refractivity contribution in [2.45, 2.75) is 20.8 Å².